The predicted octanol–water partition coefficient (Wildman–Crippen LogP) is 0.719. The molecule has 1 aliphatic heterocycles. The average molecular weight is 278 g/mol. The largest absolute Gasteiger partial charge is 0.383 e. The van der Waals surface area contributed by atoms with E-state index in [4.69, 9.17) is 4.74 Å². The first-order valence-electron chi connectivity index (χ1n) is 6.67. The first-order valence-corrected chi connectivity index (χ1v) is 8.32. The minimum absolute atomic E-state index is 0.0895. The Morgan fingerprint density at radius 2 is 2.11 bits per heavy atom. The summed E-state index contributed by atoms with van der Waals surface area (Å²) in [5.41, 5.74) is 0. The monoisotopic (exact) mass is 278 g/mol. The van der Waals surface area contributed by atoms with Crippen LogP contribution in [-0.2, 0) is 14.8 Å². The number of nitrogens with one attached hydrogen (secondary N) is 2. The summed E-state index contributed by atoms with van der Waals surface area (Å²) in [4.78, 5) is 0. The zero-order valence-electron chi connectivity index (χ0n) is 11.6. The number of hydrogen-bond acceptors (Lipinski definition) is 4. The van der Waals surface area contributed by atoms with E-state index >= 15 is 0 Å². The van der Waals surface area contributed by atoms with Crippen molar-refractivity contribution in [3.63, 3.8) is 0 Å². The van der Waals surface area contributed by atoms with E-state index in [0.29, 0.717) is 6.61 Å². The maximum atomic E-state index is 12.1. The van der Waals surface area contributed by atoms with E-state index in [9.17, 15) is 8.42 Å². The Morgan fingerprint density at radius 1 is 1.39 bits per heavy atom. The minimum Gasteiger partial charge on any atom is -0.383 e. The second kappa shape index (κ2) is 7.43. The van der Waals surface area contributed by atoms with Gasteiger partial charge in [0.25, 0.3) is 0 Å². The highest BCUT2D eigenvalue weighted by Gasteiger charge is 2.25. The van der Waals surface area contributed by atoms with Gasteiger partial charge in [-0.1, -0.05) is 20.3 Å². The first kappa shape index (κ1) is 15.9. The molecule has 0 aromatic carbocycles. The topological polar surface area (TPSA) is 67.4 Å². The molecule has 6 heteroatoms. The highest BCUT2D eigenvalue weighted by atomic mass is 32.2. The standard InChI is InChI=1S/C12H26N2O3S/c1-10(2)12(8-17-3)14-18(15,16)9-11-6-4-5-7-13-11/h10-14H,4-9H2,1-3H3. The number of methoxy groups -OCH3 is 1. The van der Waals surface area contributed by atoms with Gasteiger partial charge in [-0.05, 0) is 25.3 Å². The third-order valence-electron chi connectivity index (χ3n) is 3.31. The lowest BCUT2D eigenvalue weighted by Crippen LogP contribution is -2.47. The molecule has 0 spiro atoms. The SMILES string of the molecule is COCC(NS(=O)(=O)CC1CCCCN1)C(C)C. The van der Waals surface area contributed by atoms with Gasteiger partial charge in [-0.15, -0.1) is 0 Å². The molecule has 2 unspecified atom stereocenters. The summed E-state index contributed by atoms with van der Waals surface area (Å²) in [6.45, 7) is 5.32. The Kier molecular flexibility index (Phi) is 6.55. The van der Waals surface area contributed by atoms with Crippen molar-refractivity contribution >= 4 is 10.0 Å². The molecule has 1 rings (SSSR count). The summed E-state index contributed by atoms with van der Waals surface area (Å²) in [7, 11) is -1.65. The molecule has 0 saturated carbocycles. The lowest BCUT2D eigenvalue weighted by atomic mass is 10.1. The fourth-order valence-corrected chi connectivity index (χ4v) is 3.86. The molecule has 0 amide bonds. The summed E-state index contributed by atoms with van der Waals surface area (Å²) >= 11 is 0. The van der Waals surface area contributed by atoms with Gasteiger partial charge in [0.15, 0.2) is 0 Å². The van der Waals surface area contributed by atoms with Crippen molar-refractivity contribution < 1.29 is 13.2 Å². The molecule has 0 radical (unpaired) electrons. The zero-order chi connectivity index (χ0) is 13.6. The van der Waals surface area contributed by atoms with Gasteiger partial charge in [-0.25, -0.2) is 13.1 Å². The van der Waals surface area contributed by atoms with Gasteiger partial charge >= 0.3 is 0 Å². The predicted molar refractivity (Wildman–Crippen MR) is 73.1 cm³/mol. The first-order chi connectivity index (χ1) is 8.44. The molecule has 1 aliphatic rings. The fraction of sp³-hybridized carbons (Fsp3) is 1.00. The Balaban J connectivity index is 2.51. The van der Waals surface area contributed by atoms with Gasteiger partial charge < -0.3 is 10.1 Å². The normalized spacial score (nSPS) is 23.2. The Bertz CT molecular complexity index is 324. The lowest BCUT2D eigenvalue weighted by Gasteiger charge is -2.26. The number of sulfonamides is 1. The molecule has 5 nitrogen and oxygen atoms in total. The summed E-state index contributed by atoms with van der Waals surface area (Å²) in [6.07, 6.45) is 3.19. The van der Waals surface area contributed by atoms with Crippen LogP contribution in [-0.4, -0.2) is 46.5 Å². The Hall–Kier alpha value is -0.170. The molecule has 18 heavy (non-hydrogen) atoms. The van der Waals surface area contributed by atoms with Crippen LogP contribution in [0.3, 0.4) is 0 Å². The van der Waals surface area contributed by atoms with Crippen LogP contribution in [0.5, 0.6) is 0 Å². The molecule has 0 bridgehead atoms. The van der Waals surface area contributed by atoms with Crippen LogP contribution in [0.25, 0.3) is 0 Å². The molecule has 1 fully saturated rings. The molecule has 0 aromatic heterocycles. The van der Waals surface area contributed by atoms with Crippen molar-refractivity contribution in [1.82, 2.24) is 10.0 Å². The highest BCUT2D eigenvalue weighted by Crippen LogP contribution is 2.10. The molecule has 2 atom stereocenters. The number of ether oxygens (including phenoxy) is 1. The van der Waals surface area contributed by atoms with Crippen LogP contribution in [0.2, 0.25) is 0 Å². The van der Waals surface area contributed by atoms with E-state index in [1.165, 1.54) is 0 Å². The fourth-order valence-electron chi connectivity index (χ4n) is 2.15. The van der Waals surface area contributed by atoms with Gasteiger partial charge in [0.2, 0.25) is 10.0 Å². The number of hydrogen-bond donors (Lipinski definition) is 2. The number of rotatable bonds is 7. The smallest absolute Gasteiger partial charge is 0.213 e. The third-order valence-corrected chi connectivity index (χ3v) is 4.82. The molecule has 0 aliphatic carbocycles. The molecular weight excluding hydrogens is 252 g/mol. The van der Waals surface area contributed by atoms with Gasteiger partial charge in [0, 0.05) is 19.2 Å². The van der Waals surface area contributed by atoms with Crippen molar-refractivity contribution in [3.8, 4) is 0 Å². The van der Waals surface area contributed by atoms with Crippen LogP contribution in [0, 0.1) is 5.92 Å². The lowest BCUT2D eigenvalue weighted by molar-refractivity contribution is 0.157. The summed E-state index contributed by atoms with van der Waals surface area (Å²) in [6, 6.07) is -0.0600. The van der Waals surface area contributed by atoms with Crippen molar-refractivity contribution in [2.75, 3.05) is 26.0 Å². The van der Waals surface area contributed by atoms with Crippen LogP contribution in [0.4, 0.5) is 0 Å². The van der Waals surface area contributed by atoms with Crippen molar-refractivity contribution in [3.05, 3.63) is 0 Å². The third kappa shape index (κ3) is 5.65. The van der Waals surface area contributed by atoms with E-state index in [2.05, 4.69) is 10.0 Å². The van der Waals surface area contributed by atoms with Gasteiger partial charge in [-0.3, -0.25) is 0 Å². The van der Waals surface area contributed by atoms with E-state index in [-0.39, 0.29) is 23.8 Å². The van der Waals surface area contributed by atoms with E-state index < -0.39 is 10.0 Å². The maximum absolute atomic E-state index is 12.1. The van der Waals surface area contributed by atoms with Gasteiger partial charge in [-0.2, -0.15) is 0 Å². The second-order valence-electron chi connectivity index (χ2n) is 5.35. The number of piperidine rings is 1. The molecule has 1 heterocycles. The molecule has 2 N–H and O–H groups in total. The molecule has 108 valence electrons. The van der Waals surface area contributed by atoms with Crippen molar-refractivity contribution in [2.24, 2.45) is 5.92 Å². The minimum atomic E-state index is -3.24. The summed E-state index contributed by atoms with van der Waals surface area (Å²) in [5, 5.41) is 3.26. The van der Waals surface area contributed by atoms with Gasteiger partial charge in [0.05, 0.1) is 12.4 Å². The Morgan fingerprint density at radius 3 is 2.61 bits per heavy atom. The zero-order valence-corrected chi connectivity index (χ0v) is 12.4. The maximum Gasteiger partial charge on any atom is 0.213 e. The molecule has 1 saturated heterocycles. The van der Waals surface area contributed by atoms with E-state index in [0.717, 1.165) is 25.8 Å². The summed E-state index contributed by atoms with van der Waals surface area (Å²) in [5.74, 6) is 0.388. The van der Waals surface area contributed by atoms with E-state index in [1.54, 1.807) is 7.11 Å². The van der Waals surface area contributed by atoms with Crippen LogP contribution >= 0.6 is 0 Å². The highest BCUT2D eigenvalue weighted by molar-refractivity contribution is 7.89. The quantitative estimate of drug-likeness (QED) is 0.720. The molecule has 0 aromatic rings. The van der Waals surface area contributed by atoms with Gasteiger partial charge in [0.1, 0.15) is 0 Å². The van der Waals surface area contributed by atoms with Crippen molar-refractivity contribution in [1.29, 1.82) is 0 Å². The van der Waals surface area contributed by atoms with E-state index in [1.807, 2.05) is 13.8 Å². The summed E-state index contributed by atoms with van der Waals surface area (Å²) < 4.78 is 32.0. The van der Waals surface area contributed by atoms with Crippen LogP contribution in [0.15, 0.2) is 0 Å². The van der Waals surface area contributed by atoms with Crippen LogP contribution < -0.4 is 10.0 Å². The van der Waals surface area contributed by atoms with Crippen molar-refractivity contribution in [2.45, 2.75) is 45.2 Å². The second-order valence-corrected chi connectivity index (χ2v) is 7.15. The van der Waals surface area contributed by atoms with Crippen LogP contribution in [0.1, 0.15) is 33.1 Å². The average Bonchev–Trinajstić information content (AvgIpc) is 2.28. The Labute approximate surface area is 111 Å². The molecular formula is C12H26N2O3S.